The summed E-state index contributed by atoms with van der Waals surface area (Å²) in [6.07, 6.45) is 6.61. The highest BCUT2D eigenvalue weighted by molar-refractivity contribution is 5.20. The first kappa shape index (κ1) is 11.5. The van der Waals surface area contributed by atoms with Gasteiger partial charge >= 0.3 is 0 Å². The zero-order valence-electron chi connectivity index (χ0n) is 9.77. The van der Waals surface area contributed by atoms with Gasteiger partial charge in [0.25, 0.3) is 0 Å². The minimum atomic E-state index is 0.195. The van der Waals surface area contributed by atoms with Gasteiger partial charge in [-0.3, -0.25) is 0 Å². The minimum Gasteiger partial charge on any atom is -0.492 e. The van der Waals surface area contributed by atoms with E-state index in [0.717, 1.165) is 5.75 Å². The van der Waals surface area contributed by atoms with Crippen LogP contribution in [0.4, 0.5) is 0 Å². The maximum Gasteiger partial charge on any atom is 0.119 e. The first-order valence-electron chi connectivity index (χ1n) is 6.29. The smallest absolute Gasteiger partial charge is 0.119 e. The lowest BCUT2D eigenvalue weighted by Crippen LogP contribution is -2.37. The number of hydrogen-bond donors (Lipinski definition) is 1. The maximum absolute atomic E-state index is 6.17. The van der Waals surface area contributed by atoms with E-state index in [1.165, 1.54) is 32.1 Å². The normalized spacial score (nSPS) is 19.3. The molecule has 1 fully saturated rings. The third kappa shape index (κ3) is 3.24. The molecule has 1 saturated carbocycles. The van der Waals surface area contributed by atoms with E-state index in [2.05, 4.69) is 0 Å². The minimum absolute atomic E-state index is 0.195. The molecule has 2 rings (SSSR count). The summed E-state index contributed by atoms with van der Waals surface area (Å²) in [5, 5.41) is 0. The van der Waals surface area contributed by atoms with E-state index in [9.17, 15) is 0 Å². The second-order valence-electron chi connectivity index (χ2n) is 4.69. The largest absolute Gasteiger partial charge is 0.492 e. The van der Waals surface area contributed by atoms with E-state index in [4.69, 9.17) is 10.5 Å². The van der Waals surface area contributed by atoms with Crippen molar-refractivity contribution in [2.45, 2.75) is 38.1 Å². The zero-order valence-corrected chi connectivity index (χ0v) is 9.77. The molecule has 1 aliphatic carbocycles. The first-order valence-corrected chi connectivity index (χ1v) is 6.29. The fourth-order valence-corrected chi connectivity index (χ4v) is 2.41. The molecule has 2 nitrogen and oxygen atoms in total. The van der Waals surface area contributed by atoms with Crippen LogP contribution in [0.3, 0.4) is 0 Å². The lowest BCUT2D eigenvalue weighted by Gasteiger charge is -2.27. The summed E-state index contributed by atoms with van der Waals surface area (Å²) in [5.41, 5.74) is 6.17. The molecule has 1 aromatic carbocycles. The Kier molecular flexibility index (Phi) is 4.23. The third-order valence-corrected chi connectivity index (χ3v) is 3.44. The summed E-state index contributed by atoms with van der Waals surface area (Å²) in [5.74, 6) is 1.59. The van der Waals surface area contributed by atoms with Crippen molar-refractivity contribution in [3.8, 4) is 5.75 Å². The predicted octanol–water partition coefficient (Wildman–Crippen LogP) is 2.97. The highest BCUT2D eigenvalue weighted by Crippen LogP contribution is 2.25. The molecule has 2 heteroatoms. The fourth-order valence-electron chi connectivity index (χ4n) is 2.41. The van der Waals surface area contributed by atoms with Crippen LogP contribution >= 0.6 is 0 Å². The van der Waals surface area contributed by atoms with Gasteiger partial charge in [-0.25, -0.2) is 0 Å². The number of ether oxygens (including phenoxy) is 1. The van der Waals surface area contributed by atoms with E-state index in [-0.39, 0.29) is 6.04 Å². The van der Waals surface area contributed by atoms with Gasteiger partial charge in [0, 0.05) is 6.04 Å². The molecule has 2 N–H and O–H groups in total. The van der Waals surface area contributed by atoms with Gasteiger partial charge in [0.1, 0.15) is 12.4 Å². The number of rotatable bonds is 4. The molecule has 0 spiro atoms. The van der Waals surface area contributed by atoms with Crippen molar-refractivity contribution in [1.29, 1.82) is 0 Å². The molecule has 0 heterocycles. The summed E-state index contributed by atoms with van der Waals surface area (Å²) in [4.78, 5) is 0. The molecule has 0 saturated heterocycles. The van der Waals surface area contributed by atoms with Crippen LogP contribution in [0.2, 0.25) is 0 Å². The summed E-state index contributed by atoms with van der Waals surface area (Å²) in [6, 6.07) is 10.1. The quantitative estimate of drug-likeness (QED) is 0.845. The predicted molar refractivity (Wildman–Crippen MR) is 66.5 cm³/mol. The molecule has 88 valence electrons. The Balaban J connectivity index is 1.76. The Hall–Kier alpha value is -1.02. The van der Waals surface area contributed by atoms with E-state index in [1.807, 2.05) is 30.3 Å². The van der Waals surface area contributed by atoms with Crippen molar-refractivity contribution in [2.75, 3.05) is 6.61 Å². The average Bonchev–Trinajstić information content (AvgIpc) is 2.38. The van der Waals surface area contributed by atoms with Crippen LogP contribution in [0, 0.1) is 5.92 Å². The van der Waals surface area contributed by atoms with Crippen molar-refractivity contribution in [2.24, 2.45) is 11.7 Å². The lowest BCUT2D eigenvalue weighted by molar-refractivity contribution is 0.214. The molecule has 0 aromatic heterocycles. The molecule has 0 aliphatic heterocycles. The van der Waals surface area contributed by atoms with Crippen LogP contribution in [-0.2, 0) is 0 Å². The summed E-state index contributed by atoms with van der Waals surface area (Å²) in [6.45, 7) is 0.648. The molecule has 1 atom stereocenters. The SMILES string of the molecule is NC(COc1ccccc1)C1CCCCC1. The second-order valence-corrected chi connectivity index (χ2v) is 4.69. The first-order chi connectivity index (χ1) is 7.86. The Morgan fingerprint density at radius 1 is 1.12 bits per heavy atom. The molecular weight excluding hydrogens is 198 g/mol. The molecule has 0 bridgehead atoms. The highest BCUT2D eigenvalue weighted by Gasteiger charge is 2.20. The number of para-hydroxylation sites is 1. The van der Waals surface area contributed by atoms with Crippen molar-refractivity contribution in [3.05, 3.63) is 30.3 Å². The van der Waals surface area contributed by atoms with Gasteiger partial charge in [-0.2, -0.15) is 0 Å². The molecule has 1 aromatic rings. The van der Waals surface area contributed by atoms with Crippen LogP contribution < -0.4 is 10.5 Å². The Labute approximate surface area is 97.8 Å². The van der Waals surface area contributed by atoms with Gasteiger partial charge in [-0.15, -0.1) is 0 Å². The Morgan fingerprint density at radius 3 is 2.50 bits per heavy atom. The van der Waals surface area contributed by atoms with Gasteiger partial charge in [0.2, 0.25) is 0 Å². The number of nitrogens with two attached hydrogens (primary N) is 1. The van der Waals surface area contributed by atoms with Crippen LogP contribution in [-0.4, -0.2) is 12.6 Å². The van der Waals surface area contributed by atoms with E-state index in [0.29, 0.717) is 12.5 Å². The van der Waals surface area contributed by atoms with E-state index >= 15 is 0 Å². The topological polar surface area (TPSA) is 35.2 Å². The second kappa shape index (κ2) is 5.90. The molecule has 16 heavy (non-hydrogen) atoms. The van der Waals surface area contributed by atoms with Gasteiger partial charge in [0.05, 0.1) is 0 Å². The van der Waals surface area contributed by atoms with Crippen molar-refractivity contribution in [3.63, 3.8) is 0 Å². The van der Waals surface area contributed by atoms with Gasteiger partial charge in [-0.1, -0.05) is 37.5 Å². The van der Waals surface area contributed by atoms with Gasteiger partial charge in [0.15, 0.2) is 0 Å². The number of hydrogen-bond acceptors (Lipinski definition) is 2. The fraction of sp³-hybridized carbons (Fsp3) is 0.571. The molecule has 0 amide bonds. The molecule has 1 aliphatic rings. The molecular formula is C14H21NO. The monoisotopic (exact) mass is 219 g/mol. The van der Waals surface area contributed by atoms with E-state index in [1.54, 1.807) is 0 Å². The van der Waals surface area contributed by atoms with Crippen LogP contribution in [0.15, 0.2) is 30.3 Å². The number of benzene rings is 1. The standard InChI is InChI=1S/C14H21NO/c15-14(12-7-3-1-4-8-12)11-16-13-9-5-2-6-10-13/h2,5-6,9-10,12,14H,1,3-4,7-8,11,15H2. The lowest BCUT2D eigenvalue weighted by atomic mass is 9.84. The third-order valence-electron chi connectivity index (χ3n) is 3.44. The van der Waals surface area contributed by atoms with Gasteiger partial charge < -0.3 is 10.5 Å². The molecule has 1 unspecified atom stereocenters. The highest BCUT2D eigenvalue weighted by atomic mass is 16.5. The average molecular weight is 219 g/mol. The van der Waals surface area contributed by atoms with Crippen LogP contribution in [0.5, 0.6) is 5.75 Å². The Morgan fingerprint density at radius 2 is 1.81 bits per heavy atom. The van der Waals surface area contributed by atoms with Crippen molar-refractivity contribution in [1.82, 2.24) is 0 Å². The maximum atomic E-state index is 6.17. The van der Waals surface area contributed by atoms with Crippen LogP contribution in [0.25, 0.3) is 0 Å². The zero-order chi connectivity index (χ0) is 11.2. The summed E-state index contributed by atoms with van der Waals surface area (Å²) >= 11 is 0. The van der Waals surface area contributed by atoms with Gasteiger partial charge in [-0.05, 0) is 30.9 Å². The van der Waals surface area contributed by atoms with Crippen molar-refractivity contribution < 1.29 is 4.74 Å². The summed E-state index contributed by atoms with van der Waals surface area (Å²) in [7, 11) is 0. The Bertz CT molecular complexity index is 293. The van der Waals surface area contributed by atoms with E-state index < -0.39 is 0 Å². The summed E-state index contributed by atoms with van der Waals surface area (Å²) < 4.78 is 5.70. The van der Waals surface area contributed by atoms with Crippen molar-refractivity contribution >= 4 is 0 Å². The van der Waals surface area contributed by atoms with Crippen LogP contribution in [0.1, 0.15) is 32.1 Å². The molecule has 0 radical (unpaired) electrons.